The zero-order chi connectivity index (χ0) is 15.0. The molecule has 0 saturated carbocycles. The molecule has 2 aromatic rings. The van der Waals surface area contributed by atoms with Crippen LogP contribution < -0.4 is 0 Å². The van der Waals surface area contributed by atoms with Gasteiger partial charge in [-0.05, 0) is 37.1 Å². The Labute approximate surface area is 122 Å². The summed E-state index contributed by atoms with van der Waals surface area (Å²) >= 11 is 0. The zero-order valence-corrected chi connectivity index (χ0v) is 12.0. The molecule has 1 aromatic heterocycles. The number of carbonyl (C=O) groups is 1. The quantitative estimate of drug-likeness (QED) is 0.909. The molecule has 0 spiro atoms. The lowest BCUT2D eigenvalue weighted by atomic mass is 10.0. The van der Waals surface area contributed by atoms with E-state index in [1.807, 2.05) is 0 Å². The Hall–Kier alpha value is -1.88. The Morgan fingerprint density at radius 3 is 3.10 bits per heavy atom. The topological polar surface area (TPSA) is 56.3 Å². The van der Waals surface area contributed by atoms with E-state index in [4.69, 9.17) is 0 Å². The second kappa shape index (κ2) is 5.48. The van der Waals surface area contributed by atoms with Gasteiger partial charge in [-0.15, -0.1) is 0 Å². The first-order chi connectivity index (χ1) is 10.0. The first-order valence-corrected chi connectivity index (χ1v) is 7.26. The van der Waals surface area contributed by atoms with Gasteiger partial charge in [0.25, 0.3) is 0 Å². The highest BCUT2D eigenvalue weighted by atomic mass is 19.1. The number of benzene rings is 1. The van der Waals surface area contributed by atoms with Crippen molar-refractivity contribution in [3.63, 3.8) is 0 Å². The predicted octanol–water partition coefficient (Wildman–Crippen LogP) is 2.08. The van der Waals surface area contributed by atoms with Gasteiger partial charge in [-0.1, -0.05) is 0 Å². The lowest BCUT2D eigenvalue weighted by Gasteiger charge is -2.17. The molecular weight excluding hydrogens is 271 g/mol. The monoisotopic (exact) mass is 290 g/mol. The molecule has 0 radical (unpaired) electrons. The molecule has 2 unspecified atom stereocenters. The molecule has 1 amide bonds. The molecule has 112 valence electrons. The van der Waals surface area contributed by atoms with Crippen molar-refractivity contribution in [3.05, 3.63) is 35.8 Å². The summed E-state index contributed by atoms with van der Waals surface area (Å²) < 4.78 is 13.3. The van der Waals surface area contributed by atoms with E-state index in [0.717, 1.165) is 22.9 Å². The second-order valence-electron chi connectivity index (χ2n) is 5.81. The van der Waals surface area contributed by atoms with E-state index in [1.165, 1.54) is 12.1 Å². The van der Waals surface area contributed by atoms with Crippen LogP contribution in [-0.4, -0.2) is 40.1 Å². The molecule has 5 heteroatoms. The molecule has 2 atom stereocenters. The minimum Gasteiger partial charge on any atom is -0.393 e. The van der Waals surface area contributed by atoms with Crippen LogP contribution in [0, 0.1) is 11.7 Å². The number of carbonyl (C=O) groups excluding carboxylic acids is 1. The predicted molar refractivity (Wildman–Crippen MR) is 78.3 cm³/mol. The minimum absolute atomic E-state index is 0.0308. The fourth-order valence-corrected chi connectivity index (χ4v) is 2.98. The first kappa shape index (κ1) is 14.1. The molecular formula is C16H19FN2O2. The van der Waals surface area contributed by atoms with Gasteiger partial charge in [0.1, 0.15) is 5.82 Å². The van der Waals surface area contributed by atoms with Crippen molar-refractivity contribution in [1.29, 1.82) is 0 Å². The zero-order valence-electron chi connectivity index (χ0n) is 12.0. The van der Waals surface area contributed by atoms with Crippen molar-refractivity contribution in [1.82, 2.24) is 9.88 Å². The number of H-pyrrole nitrogens is 1. The van der Waals surface area contributed by atoms with E-state index >= 15 is 0 Å². The van der Waals surface area contributed by atoms with Gasteiger partial charge in [0.05, 0.1) is 12.5 Å². The highest BCUT2D eigenvalue weighted by Gasteiger charge is 2.29. The number of aliphatic hydroxyl groups excluding tert-OH is 1. The lowest BCUT2D eigenvalue weighted by molar-refractivity contribution is -0.129. The summed E-state index contributed by atoms with van der Waals surface area (Å²) in [4.78, 5) is 17.2. The van der Waals surface area contributed by atoms with Gasteiger partial charge in [-0.2, -0.15) is 0 Å². The molecule has 1 aliphatic rings. The van der Waals surface area contributed by atoms with Crippen LogP contribution >= 0.6 is 0 Å². The summed E-state index contributed by atoms with van der Waals surface area (Å²) in [5.41, 5.74) is 1.65. The summed E-state index contributed by atoms with van der Waals surface area (Å²) in [5.74, 6) is -0.108. The average molecular weight is 290 g/mol. The molecule has 2 N–H and O–H groups in total. The summed E-state index contributed by atoms with van der Waals surface area (Å²) in [6.07, 6.45) is 2.48. The molecule has 1 aliphatic heterocycles. The Morgan fingerprint density at radius 2 is 2.38 bits per heavy atom. The number of rotatable bonds is 3. The van der Waals surface area contributed by atoms with Crippen molar-refractivity contribution >= 4 is 16.8 Å². The van der Waals surface area contributed by atoms with Crippen LogP contribution in [0.5, 0.6) is 0 Å². The lowest BCUT2D eigenvalue weighted by Crippen LogP contribution is -2.31. The number of aliphatic hydroxyl groups is 1. The third kappa shape index (κ3) is 2.78. The molecule has 2 heterocycles. The Balaban J connectivity index is 1.74. The smallest absolute Gasteiger partial charge is 0.227 e. The van der Waals surface area contributed by atoms with Crippen LogP contribution in [0.2, 0.25) is 0 Å². The molecule has 4 nitrogen and oxygen atoms in total. The Kier molecular flexibility index (Phi) is 3.68. The SMILES string of the molecule is CC(O)C1CCN(C(=O)Cc2c[nH]c3ccc(F)cc23)C1. The molecule has 21 heavy (non-hydrogen) atoms. The second-order valence-corrected chi connectivity index (χ2v) is 5.81. The van der Waals surface area contributed by atoms with Crippen LogP contribution in [0.15, 0.2) is 24.4 Å². The van der Waals surface area contributed by atoms with Crippen molar-refractivity contribution in [2.24, 2.45) is 5.92 Å². The Morgan fingerprint density at radius 1 is 1.57 bits per heavy atom. The van der Waals surface area contributed by atoms with Gasteiger partial charge in [-0.3, -0.25) is 4.79 Å². The highest BCUT2D eigenvalue weighted by molar-refractivity contribution is 5.89. The number of hydrogen-bond donors (Lipinski definition) is 2. The van der Waals surface area contributed by atoms with Crippen LogP contribution in [-0.2, 0) is 11.2 Å². The molecule has 0 bridgehead atoms. The standard InChI is InChI=1S/C16H19FN2O2/c1-10(20)11-4-5-19(9-11)16(21)6-12-8-18-15-3-2-13(17)7-14(12)15/h2-3,7-8,10-11,18,20H,4-6,9H2,1H3. The Bertz CT molecular complexity index is 665. The molecule has 0 aliphatic carbocycles. The van der Waals surface area contributed by atoms with Gasteiger partial charge in [0, 0.05) is 36.1 Å². The largest absolute Gasteiger partial charge is 0.393 e. The summed E-state index contributed by atoms with van der Waals surface area (Å²) in [6.45, 7) is 3.05. The number of hydrogen-bond acceptors (Lipinski definition) is 2. The van der Waals surface area contributed by atoms with Gasteiger partial charge in [-0.25, -0.2) is 4.39 Å². The number of likely N-dealkylation sites (tertiary alicyclic amines) is 1. The number of aromatic amines is 1. The third-order valence-corrected chi connectivity index (χ3v) is 4.33. The summed E-state index contributed by atoms with van der Waals surface area (Å²) in [7, 11) is 0. The number of amides is 1. The van der Waals surface area contributed by atoms with Crippen LogP contribution in [0.1, 0.15) is 18.9 Å². The normalized spacial score (nSPS) is 20.1. The van der Waals surface area contributed by atoms with Crippen molar-refractivity contribution in [2.45, 2.75) is 25.9 Å². The number of nitrogens with zero attached hydrogens (tertiary/aromatic N) is 1. The van der Waals surface area contributed by atoms with E-state index < -0.39 is 0 Å². The number of halogens is 1. The fourth-order valence-electron chi connectivity index (χ4n) is 2.98. The van der Waals surface area contributed by atoms with Crippen LogP contribution in [0.25, 0.3) is 10.9 Å². The van der Waals surface area contributed by atoms with Crippen molar-refractivity contribution in [3.8, 4) is 0 Å². The number of aromatic nitrogens is 1. The van der Waals surface area contributed by atoms with E-state index in [2.05, 4.69) is 4.98 Å². The van der Waals surface area contributed by atoms with Crippen molar-refractivity contribution in [2.75, 3.05) is 13.1 Å². The minimum atomic E-state index is -0.384. The maximum Gasteiger partial charge on any atom is 0.227 e. The van der Waals surface area contributed by atoms with Gasteiger partial charge in [0.2, 0.25) is 5.91 Å². The average Bonchev–Trinajstić information content (AvgIpc) is 3.06. The van der Waals surface area contributed by atoms with E-state index in [1.54, 1.807) is 24.1 Å². The van der Waals surface area contributed by atoms with Gasteiger partial charge < -0.3 is 15.0 Å². The van der Waals surface area contributed by atoms with Crippen LogP contribution in [0.4, 0.5) is 4.39 Å². The van der Waals surface area contributed by atoms with E-state index in [-0.39, 0.29) is 30.2 Å². The number of fused-ring (bicyclic) bond motifs is 1. The highest BCUT2D eigenvalue weighted by Crippen LogP contribution is 2.23. The molecule has 1 aromatic carbocycles. The van der Waals surface area contributed by atoms with Gasteiger partial charge in [0.15, 0.2) is 0 Å². The maximum absolute atomic E-state index is 13.3. The van der Waals surface area contributed by atoms with E-state index in [9.17, 15) is 14.3 Å². The first-order valence-electron chi connectivity index (χ1n) is 7.26. The molecule has 1 fully saturated rings. The molecule has 1 saturated heterocycles. The summed E-state index contributed by atoms with van der Waals surface area (Å²) in [5, 5.41) is 10.4. The fraction of sp³-hybridized carbons (Fsp3) is 0.438. The van der Waals surface area contributed by atoms with Crippen LogP contribution in [0.3, 0.4) is 0 Å². The third-order valence-electron chi connectivity index (χ3n) is 4.33. The van der Waals surface area contributed by atoms with Crippen molar-refractivity contribution < 1.29 is 14.3 Å². The van der Waals surface area contributed by atoms with Gasteiger partial charge >= 0.3 is 0 Å². The summed E-state index contributed by atoms with van der Waals surface area (Å²) in [6, 6.07) is 4.53. The number of nitrogens with one attached hydrogen (secondary N) is 1. The molecule has 3 rings (SSSR count). The van der Waals surface area contributed by atoms with E-state index in [0.29, 0.717) is 13.1 Å². The maximum atomic E-state index is 13.3.